The second-order valence-electron chi connectivity index (χ2n) is 4.84. The van der Waals surface area contributed by atoms with E-state index in [1.54, 1.807) is 13.8 Å². The Morgan fingerprint density at radius 2 is 1.05 bits per heavy atom. The second kappa shape index (κ2) is 18.3. The molecule has 0 radical (unpaired) electrons. The third-order valence-electron chi connectivity index (χ3n) is 2.48. The molecule has 0 saturated heterocycles. The summed E-state index contributed by atoms with van der Waals surface area (Å²) < 4.78 is 10.3. The summed E-state index contributed by atoms with van der Waals surface area (Å²) in [5.41, 5.74) is 0. The van der Waals surface area contributed by atoms with Gasteiger partial charge in [0.05, 0.1) is 13.2 Å². The number of ether oxygens (including phenoxy) is 2. The molecule has 0 aliphatic rings. The van der Waals surface area contributed by atoms with Gasteiger partial charge >= 0.3 is 0 Å². The summed E-state index contributed by atoms with van der Waals surface area (Å²) in [6, 6.07) is 0. The Balaban J connectivity index is 0. The number of hydrogen-bond donors (Lipinski definition) is 0. The van der Waals surface area contributed by atoms with E-state index in [0.717, 1.165) is 38.9 Å². The van der Waals surface area contributed by atoms with Gasteiger partial charge in [-0.15, -0.1) is 0 Å². The Bertz CT molecular complexity index is 203. The Hall–Kier alpha value is -0.740. The fraction of sp³-hybridized carbons (Fsp3) is 0.875. The molecule has 0 aromatic carbocycles. The van der Waals surface area contributed by atoms with Crippen LogP contribution in [0.4, 0.5) is 0 Å². The lowest BCUT2D eigenvalue weighted by Crippen LogP contribution is -2.01. The van der Waals surface area contributed by atoms with E-state index in [4.69, 9.17) is 9.47 Å². The zero-order valence-electron chi connectivity index (χ0n) is 13.7. The molecule has 0 bridgehead atoms. The predicted molar refractivity (Wildman–Crippen MR) is 82.1 cm³/mol. The number of carbonyl (C=O) groups excluding carboxylic acids is 2. The summed E-state index contributed by atoms with van der Waals surface area (Å²) in [5.74, 6) is 0.410. The summed E-state index contributed by atoms with van der Waals surface area (Å²) >= 11 is 0. The van der Waals surface area contributed by atoms with Crippen LogP contribution in [0.2, 0.25) is 0 Å². The van der Waals surface area contributed by atoms with E-state index < -0.39 is 0 Å². The molecule has 0 amide bonds. The molecule has 20 heavy (non-hydrogen) atoms. The van der Waals surface area contributed by atoms with Crippen molar-refractivity contribution in [3.8, 4) is 0 Å². The minimum absolute atomic E-state index is 0.205. The number of Topliss-reactive ketones (excluding diaryl/α,β-unsaturated/α-hetero) is 2. The van der Waals surface area contributed by atoms with Crippen LogP contribution < -0.4 is 0 Å². The van der Waals surface area contributed by atoms with Gasteiger partial charge in [0, 0.05) is 26.1 Å². The van der Waals surface area contributed by atoms with Crippen molar-refractivity contribution >= 4 is 11.6 Å². The lowest BCUT2D eigenvalue weighted by atomic mass is 10.3. The largest absolute Gasteiger partial charge is 0.381 e. The summed E-state index contributed by atoms with van der Waals surface area (Å²) in [6.07, 6.45) is 5.61. The molecule has 0 aliphatic heterocycles. The molecule has 0 rings (SSSR count). The molecule has 4 nitrogen and oxygen atoms in total. The smallest absolute Gasteiger partial charge is 0.132 e. The molecule has 0 fully saturated rings. The minimum atomic E-state index is 0.205. The van der Waals surface area contributed by atoms with Crippen LogP contribution in [-0.4, -0.2) is 38.0 Å². The van der Waals surface area contributed by atoms with Crippen LogP contribution in [0.3, 0.4) is 0 Å². The first-order chi connectivity index (χ1) is 9.54. The highest BCUT2D eigenvalue weighted by Gasteiger charge is 1.92. The molecule has 0 aliphatic carbocycles. The standard InChI is InChI=1S/2C8H16O2/c2*1-3-4-6-10-7-5-8(2)9/h2*3-7H2,1-2H3. The Labute approximate surface area is 124 Å². The van der Waals surface area contributed by atoms with Crippen LogP contribution in [0.25, 0.3) is 0 Å². The molecule has 0 spiro atoms. The molecule has 0 heterocycles. The Morgan fingerprint density at radius 1 is 0.700 bits per heavy atom. The zero-order chi connectivity index (χ0) is 15.6. The van der Waals surface area contributed by atoms with Crippen LogP contribution in [0, 0.1) is 0 Å². The first-order valence-corrected chi connectivity index (χ1v) is 7.68. The lowest BCUT2D eigenvalue weighted by Gasteiger charge is -1.99. The third kappa shape index (κ3) is 26.0. The van der Waals surface area contributed by atoms with E-state index in [0.29, 0.717) is 26.1 Å². The number of carbonyl (C=O) groups is 2. The molecule has 120 valence electrons. The molecule has 0 unspecified atom stereocenters. The fourth-order valence-corrected chi connectivity index (χ4v) is 1.13. The highest BCUT2D eigenvalue weighted by atomic mass is 16.5. The topological polar surface area (TPSA) is 52.6 Å². The average molecular weight is 288 g/mol. The number of ketones is 2. The quantitative estimate of drug-likeness (QED) is 0.515. The van der Waals surface area contributed by atoms with Gasteiger partial charge in [0.2, 0.25) is 0 Å². The zero-order valence-corrected chi connectivity index (χ0v) is 13.7. The van der Waals surface area contributed by atoms with E-state index in [1.165, 1.54) is 0 Å². The molecule has 0 saturated carbocycles. The molecule has 0 N–H and O–H groups in total. The Kier molecular flexibility index (Phi) is 19.7. The van der Waals surface area contributed by atoms with Crippen LogP contribution in [-0.2, 0) is 19.1 Å². The number of unbranched alkanes of at least 4 members (excludes halogenated alkanes) is 2. The fourth-order valence-electron chi connectivity index (χ4n) is 1.13. The van der Waals surface area contributed by atoms with E-state index in [2.05, 4.69) is 13.8 Å². The van der Waals surface area contributed by atoms with Crippen molar-refractivity contribution in [1.82, 2.24) is 0 Å². The highest BCUT2D eigenvalue weighted by molar-refractivity contribution is 5.75. The molecular formula is C16H32O4. The molecular weight excluding hydrogens is 256 g/mol. The van der Waals surface area contributed by atoms with Crippen LogP contribution in [0.5, 0.6) is 0 Å². The van der Waals surface area contributed by atoms with Crippen LogP contribution >= 0.6 is 0 Å². The van der Waals surface area contributed by atoms with E-state index in [1.807, 2.05) is 0 Å². The second-order valence-corrected chi connectivity index (χ2v) is 4.84. The lowest BCUT2D eigenvalue weighted by molar-refractivity contribution is -0.118. The third-order valence-corrected chi connectivity index (χ3v) is 2.48. The van der Waals surface area contributed by atoms with Crippen molar-refractivity contribution in [1.29, 1.82) is 0 Å². The molecule has 0 aromatic rings. The summed E-state index contributed by atoms with van der Waals surface area (Å²) in [6.45, 7) is 10.2. The van der Waals surface area contributed by atoms with Gasteiger partial charge < -0.3 is 9.47 Å². The van der Waals surface area contributed by atoms with Gasteiger partial charge in [-0.3, -0.25) is 9.59 Å². The first-order valence-electron chi connectivity index (χ1n) is 7.68. The van der Waals surface area contributed by atoms with Gasteiger partial charge in [-0.2, -0.15) is 0 Å². The van der Waals surface area contributed by atoms with Crippen molar-refractivity contribution in [2.75, 3.05) is 26.4 Å². The van der Waals surface area contributed by atoms with E-state index in [-0.39, 0.29) is 11.6 Å². The minimum Gasteiger partial charge on any atom is -0.381 e. The normalized spacial score (nSPS) is 9.80. The number of rotatable bonds is 12. The van der Waals surface area contributed by atoms with Crippen molar-refractivity contribution in [2.24, 2.45) is 0 Å². The highest BCUT2D eigenvalue weighted by Crippen LogP contribution is 1.90. The van der Waals surface area contributed by atoms with Gasteiger partial charge in [-0.25, -0.2) is 0 Å². The Morgan fingerprint density at radius 3 is 1.30 bits per heavy atom. The van der Waals surface area contributed by atoms with Crippen molar-refractivity contribution < 1.29 is 19.1 Å². The van der Waals surface area contributed by atoms with Gasteiger partial charge in [0.15, 0.2) is 0 Å². The van der Waals surface area contributed by atoms with Gasteiger partial charge in [-0.05, 0) is 26.7 Å². The van der Waals surface area contributed by atoms with Gasteiger partial charge in [0.1, 0.15) is 11.6 Å². The van der Waals surface area contributed by atoms with Gasteiger partial charge in [-0.1, -0.05) is 26.7 Å². The molecule has 0 aromatic heterocycles. The van der Waals surface area contributed by atoms with Crippen molar-refractivity contribution in [2.45, 2.75) is 66.2 Å². The SMILES string of the molecule is CCCCOCCC(C)=O.CCCCOCCC(C)=O. The molecule has 0 atom stereocenters. The molecule has 4 heteroatoms. The monoisotopic (exact) mass is 288 g/mol. The maximum absolute atomic E-state index is 10.4. The summed E-state index contributed by atoms with van der Waals surface area (Å²) in [5, 5.41) is 0. The summed E-state index contributed by atoms with van der Waals surface area (Å²) in [4.78, 5) is 20.8. The average Bonchev–Trinajstić information content (AvgIpc) is 2.38. The van der Waals surface area contributed by atoms with Crippen molar-refractivity contribution in [3.05, 3.63) is 0 Å². The first kappa shape index (κ1) is 21.6. The van der Waals surface area contributed by atoms with E-state index >= 15 is 0 Å². The number of hydrogen-bond acceptors (Lipinski definition) is 4. The van der Waals surface area contributed by atoms with Crippen molar-refractivity contribution in [3.63, 3.8) is 0 Å². The summed E-state index contributed by atoms with van der Waals surface area (Å²) in [7, 11) is 0. The maximum atomic E-state index is 10.4. The van der Waals surface area contributed by atoms with Gasteiger partial charge in [0.25, 0.3) is 0 Å². The maximum Gasteiger partial charge on any atom is 0.132 e. The predicted octanol–water partition coefficient (Wildman–Crippen LogP) is 3.56. The van der Waals surface area contributed by atoms with Crippen LogP contribution in [0.1, 0.15) is 66.2 Å². The van der Waals surface area contributed by atoms with E-state index in [9.17, 15) is 9.59 Å². The van der Waals surface area contributed by atoms with Crippen LogP contribution in [0.15, 0.2) is 0 Å².